The van der Waals surface area contributed by atoms with Gasteiger partial charge in [-0.1, -0.05) is 23.2 Å². The molecule has 1 N–H and O–H groups in total. The Morgan fingerprint density at radius 2 is 2.05 bits per heavy atom. The topological polar surface area (TPSA) is 72.7 Å². The highest BCUT2D eigenvalue weighted by Crippen LogP contribution is 2.24. The molecule has 3 aromatic rings. The van der Waals surface area contributed by atoms with Crippen molar-refractivity contribution in [2.24, 2.45) is 0 Å². The highest BCUT2D eigenvalue weighted by atomic mass is 35.5. The summed E-state index contributed by atoms with van der Waals surface area (Å²) in [5.74, 6) is -0.326. The van der Waals surface area contributed by atoms with Crippen molar-refractivity contribution in [1.29, 1.82) is 0 Å². The van der Waals surface area contributed by atoms with E-state index >= 15 is 0 Å². The fraction of sp³-hybridized carbons (Fsp3) is 0. The second-order valence-corrected chi connectivity index (χ2v) is 5.15. The van der Waals surface area contributed by atoms with E-state index in [1.54, 1.807) is 24.3 Å². The number of rotatable bonds is 3. The van der Waals surface area contributed by atoms with Crippen LogP contribution in [-0.4, -0.2) is 25.7 Å². The Morgan fingerprint density at radius 1 is 1.18 bits per heavy atom. The molecule has 0 saturated heterocycles. The quantitative estimate of drug-likeness (QED) is 0.747. The highest BCUT2D eigenvalue weighted by molar-refractivity contribution is 6.31. The second kappa shape index (κ2) is 6.13. The molecule has 2 heterocycles. The van der Waals surface area contributed by atoms with Crippen molar-refractivity contribution in [2.75, 3.05) is 5.32 Å². The van der Waals surface area contributed by atoms with Gasteiger partial charge in [-0.05, 0) is 30.3 Å². The molecule has 0 aliphatic carbocycles. The van der Waals surface area contributed by atoms with Crippen molar-refractivity contribution >= 4 is 34.8 Å². The molecular weight excluding hydrogens is 325 g/mol. The number of hydrogen-bond donors (Lipinski definition) is 1. The third-order valence-electron chi connectivity index (χ3n) is 2.86. The summed E-state index contributed by atoms with van der Waals surface area (Å²) in [6.45, 7) is 0. The summed E-state index contributed by atoms with van der Waals surface area (Å²) in [4.78, 5) is 20.0. The largest absolute Gasteiger partial charge is 0.320 e. The van der Waals surface area contributed by atoms with Crippen LogP contribution in [-0.2, 0) is 0 Å². The third kappa shape index (κ3) is 3.08. The van der Waals surface area contributed by atoms with Gasteiger partial charge in [0.1, 0.15) is 17.8 Å². The monoisotopic (exact) mass is 333 g/mol. The summed E-state index contributed by atoms with van der Waals surface area (Å²) in [6, 6.07) is 8.14. The lowest BCUT2D eigenvalue weighted by atomic mass is 10.2. The van der Waals surface area contributed by atoms with Gasteiger partial charge in [0.15, 0.2) is 0 Å². The first-order valence-electron chi connectivity index (χ1n) is 6.21. The lowest BCUT2D eigenvalue weighted by Gasteiger charge is -2.11. The van der Waals surface area contributed by atoms with Crippen LogP contribution in [0.5, 0.6) is 0 Å². The van der Waals surface area contributed by atoms with Crippen LogP contribution >= 0.6 is 23.2 Å². The van der Waals surface area contributed by atoms with E-state index in [0.717, 1.165) is 0 Å². The number of hydrogen-bond acceptors (Lipinski definition) is 4. The standard InChI is InChI=1S/C14H9Cl2N5O/c15-10-1-2-12(21-8-17-7-19-21)11(6-10)20-14(22)9-3-4-18-13(16)5-9/h1-8H,(H,20,22). The first-order valence-corrected chi connectivity index (χ1v) is 6.96. The number of nitrogens with zero attached hydrogens (tertiary/aromatic N) is 4. The van der Waals surface area contributed by atoms with Crippen LogP contribution < -0.4 is 5.32 Å². The number of amides is 1. The SMILES string of the molecule is O=C(Nc1cc(Cl)ccc1-n1cncn1)c1ccnc(Cl)c1. The third-order valence-corrected chi connectivity index (χ3v) is 3.30. The predicted molar refractivity (Wildman–Crippen MR) is 83.6 cm³/mol. The maximum absolute atomic E-state index is 12.3. The first kappa shape index (κ1) is 14.5. The second-order valence-electron chi connectivity index (χ2n) is 4.32. The van der Waals surface area contributed by atoms with Gasteiger partial charge in [0.25, 0.3) is 5.91 Å². The lowest BCUT2D eigenvalue weighted by molar-refractivity contribution is 0.102. The number of carbonyl (C=O) groups excluding carboxylic acids is 1. The summed E-state index contributed by atoms with van der Waals surface area (Å²) in [5.41, 5.74) is 1.55. The molecule has 0 saturated carbocycles. The van der Waals surface area contributed by atoms with Gasteiger partial charge in [-0.3, -0.25) is 4.79 Å². The molecule has 1 aromatic carbocycles. The summed E-state index contributed by atoms with van der Waals surface area (Å²) >= 11 is 11.8. The van der Waals surface area contributed by atoms with Gasteiger partial charge < -0.3 is 5.32 Å². The normalized spacial score (nSPS) is 10.5. The van der Waals surface area contributed by atoms with Crippen molar-refractivity contribution in [1.82, 2.24) is 19.7 Å². The maximum Gasteiger partial charge on any atom is 0.255 e. The number of nitrogens with one attached hydrogen (secondary N) is 1. The molecular formula is C14H9Cl2N5O. The minimum Gasteiger partial charge on any atom is -0.320 e. The van der Waals surface area contributed by atoms with Gasteiger partial charge in [0, 0.05) is 16.8 Å². The van der Waals surface area contributed by atoms with Crippen LogP contribution in [0.3, 0.4) is 0 Å². The fourth-order valence-electron chi connectivity index (χ4n) is 1.88. The summed E-state index contributed by atoms with van der Waals surface area (Å²) in [7, 11) is 0. The Hall–Kier alpha value is -2.44. The van der Waals surface area contributed by atoms with Gasteiger partial charge in [-0.2, -0.15) is 5.10 Å². The van der Waals surface area contributed by atoms with Crippen molar-refractivity contribution in [3.8, 4) is 5.69 Å². The molecule has 0 atom stereocenters. The Bertz CT molecular complexity index is 820. The van der Waals surface area contributed by atoms with Gasteiger partial charge in [0.2, 0.25) is 0 Å². The van der Waals surface area contributed by atoms with E-state index in [1.165, 1.54) is 29.6 Å². The Kier molecular flexibility index (Phi) is 4.04. The van der Waals surface area contributed by atoms with Gasteiger partial charge in [0.05, 0.1) is 11.4 Å². The van der Waals surface area contributed by atoms with Crippen molar-refractivity contribution in [2.45, 2.75) is 0 Å². The van der Waals surface area contributed by atoms with Crippen LogP contribution in [0.2, 0.25) is 10.2 Å². The van der Waals surface area contributed by atoms with E-state index < -0.39 is 0 Å². The zero-order valence-electron chi connectivity index (χ0n) is 11.1. The molecule has 2 aromatic heterocycles. The van der Waals surface area contributed by atoms with Gasteiger partial charge >= 0.3 is 0 Å². The number of halogens is 2. The van der Waals surface area contributed by atoms with Crippen LogP contribution in [0.1, 0.15) is 10.4 Å². The smallest absolute Gasteiger partial charge is 0.255 e. The number of anilines is 1. The molecule has 0 aliphatic heterocycles. The van der Waals surface area contributed by atoms with E-state index in [0.29, 0.717) is 22.0 Å². The fourth-order valence-corrected chi connectivity index (χ4v) is 2.22. The minimum atomic E-state index is -0.326. The maximum atomic E-state index is 12.3. The Morgan fingerprint density at radius 3 is 2.77 bits per heavy atom. The molecule has 110 valence electrons. The summed E-state index contributed by atoms with van der Waals surface area (Å²) in [6.07, 6.45) is 4.40. The summed E-state index contributed by atoms with van der Waals surface area (Å²) in [5, 5.41) is 7.57. The molecule has 0 spiro atoms. The molecule has 8 heteroatoms. The zero-order valence-corrected chi connectivity index (χ0v) is 12.6. The molecule has 0 bridgehead atoms. The van der Waals surface area contributed by atoms with E-state index in [4.69, 9.17) is 23.2 Å². The van der Waals surface area contributed by atoms with E-state index in [1.807, 2.05) is 0 Å². The van der Waals surface area contributed by atoms with Crippen molar-refractivity contribution in [3.05, 3.63) is 64.9 Å². The van der Waals surface area contributed by atoms with Crippen LogP contribution in [0.4, 0.5) is 5.69 Å². The molecule has 6 nitrogen and oxygen atoms in total. The van der Waals surface area contributed by atoms with Crippen LogP contribution in [0.15, 0.2) is 49.2 Å². The average molecular weight is 334 g/mol. The Balaban J connectivity index is 1.95. The van der Waals surface area contributed by atoms with Gasteiger partial charge in [-0.25, -0.2) is 14.6 Å². The van der Waals surface area contributed by atoms with Crippen molar-refractivity contribution in [3.63, 3.8) is 0 Å². The summed E-state index contributed by atoms with van der Waals surface area (Å²) < 4.78 is 1.53. The zero-order chi connectivity index (χ0) is 15.5. The molecule has 3 rings (SSSR count). The predicted octanol–water partition coefficient (Wildman–Crippen LogP) is 3.22. The molecule has 0 unspecified atom stereocenters. The first-order chi connectivity index (χ1) is 10.6. The number of carbonyl (C=O) groups is 1. The molecule has 0 aliphatic rings. The van der Waals surface area contributed by atoms with Crippen molar-refractivity contribution < 1.29 is 4.79 Å². The molecule has 22 heavy (non-hydrogen) atoms. The molecule has 0 radical (unpaired) electrons. The van der Waals surface area contributed by atoms with Gasteiger partial charge in [-0.15, -0.1) is 0 Å². The molecule has 0 fully saturated rings. The van der Waals surface area contributed by atoms with E-state index in [2.05, 4.69) is 20.4 Å². The lowest BCUT2D eigenvalue weighted by Crippen LogP contribution is -2.14. The highest BCUT2D eigenvalue weighted by Gasteiger charge is 2.12. The molecule has 1 amide bonds. The number of benzene rings is 1. The average Bonchev–Trinajstić information content (AvgIpc) is 3.01. The van der Waals surface area contributed by atoms with Crippen LogP contribution in [0, 0.1) is 0 Å². The number of pyridine rings is 1. The van der Waals surface area contributed by atoms with E-state index in [-0.39, 0.29) is 11.1 Å². The Labute approximate surface area is 135 Å². The number of aromatic nitrogens is 4. The minimum absolute atomic E-state index is 0.246. The van der Waals surface area contributed by atoms with E-state index in [9.17, 15) is 4.79 Å². The van der Waals surface area contributed by atoms with Crippen LogP contribution in [0.25, 0.3) is 5.69 Å².